The molecule has 54 heavy (non-hydrogen) atoms. The number of aromatic nitrogens is 5. The number of halogens is 4. The van der Waals surface area contributed by atoms with Crippen LogP contribution in [0.3, 0.4) is 0 Å². The van der Waals surface area contributed by atoms with Crippen molar-refractivity contribution in [1.82, 2.24) is 34.5 Å². The van der Waals surface area contributed by atoms with Crippen LogP contribution in [0.5, 0.6) is 0 Å². The van der Waals surface area contributed by atoms with Crippen LogP contribution in [0.15, 0.2) is 64.2 Å². The normalized spacial score (nSPS) is 24.2. The second-order valence-electron chi connectivity index (χ2n) is 14.4. The SMILES string of the molecule is O=C1CCC(n2c(=O)oc3c([C@@H]4CCN(CC5CCC(n6cc7cc(NC(=O)c8cncc(C(F)(F)F)n8)ccc7n6)CC5)C[C@H]4F)cccc32)C(=O)N1. The zero-order chi connectivity index (χ0) is 37.7. The Morgan fingerprint density at radius 3 is 2.59 bits per heavy atom. The predicted octanol–water partition coefficient (Wildman–Crippen LogP) is 5.54. The van der Waals surface area contributed by atoms with Gasteiger partial charge in [0.2, 0.25) is 11.8 Å². The topological polar surface area (TPSA) is 157 Å². The third-order valence-electron chi connectivity index (χ3n) is 10.9. The molecule has 0 radical (unpaired) electrons. The van der Waals surface area contributed by atoms with Gasteiger partial charge in [0.25, 0.3) is 5.91 Å². The minimum absolute atomic E-state index is 0.113. The Balaban J connectivity index is 0.862. The van der Waals surface area contributed by atoms with Crippen molar-refractivity contribution in [2.24, 2.45) is 5.92 Å². The van der Waals surface area contributed by atoms with E-state index in [1.807, 2.05) is 10.9 Å². The summed E-state index contributed by atoms with van der Waals surface area (Å²) in [6.45, 7) is 1.71. The lowest BCUT2D eigenvalue weighted by molar-refractivity contribution is -0.141. The molecule has 3 aliphatic rings. The van der Waals surface area contributed by atoms with Gasteiger partial charge in [-0.1, -0.05) is 12.1 Å². The Morgan fingerprint density at radius 2 is 1.83 bits per heavy atom. The highest BCUT2D eigenvalue weighted by atomic mass is 19.4. The first-order chi connectivity index (χ1) is 25.9. The standard InChI is InChI=1S/C37H36F4N8O5/c38-26-19-47(13-12-24(26)25-2-1-3-29-33(25)54-36(53)49(29)30-10-11-32(50)45-35(30)52)17-20-4-7-23(8-5-20)48-18-21-14-22(6-9-27(21)46-48)43-34(51)28-15-42-16-31(44-28)37(39,40)41/h1-3,6,9,14-16,18,20,23-24,26,30H,4-5,7-8,10-13,17,19H2,(H,43,51)(H,45,50,52)/t20?,23?,24-,26+,30?/m0/s1. The van der Waals surface area contributed by atoms with Crippen LogP contribution >= 0.6 is 0 Å². The summed E-state index contributed by atoms with van der Waals surface area (Å²) in [5, 5.41) is 10.4. The average Bonchev–Trinajstić information content (AvgIpc) is 3.72. The summed E-state index contributed by atoms with van der Waals surface area (Å²) in [7, 11) is 0. The van der Waals surface area contributed by atoms with E-state index >= 15 is 4.39 Å². The first-order valence-corrected chi connectivity index (χ1v) is 17.9. The molecule has 5 aromatic rings. The smallest absolute Gasteiger partial charge is 0.407 e. The fraction of sp³-hybridized carbons (Fsp3) is 0.432. The van der Waals surface area contributed by atoms with E-state index in [4.69, 9.17) is 9.52 Å². The molecule has 3 amide bonds. The number of nitrogens with one attached hydrogen (secondary N) is 2. The lowest BCUT2D eigenvalue weighted by Crippen LogP contribution is -2.43. The van der Waals surface area contributed by atoms with Gasteiger partial charge in [0, 0.05) is 48.3 Å². The van der Waals surface area contributed by atoms with Crippen molar-refractivity contribution < 1.29 is 36.4 Å². The molecule has 282 valence electrons. The maximum Gasteiger partial charge on any atom is 0.434 e. The van der Waals surface area contributed by atoms with Crippen LogP contribution in [0, 0.1) is 5.92 Å². The third kappa shape index (κ3) is 6.99. The predicted molar refractivity (Wildman–Crippen MR) is 186 cm³/mol. The van der Waals surface area contributed by atoms with Gasteiger partial charge in [-0.2, -0.15) is 18.3 Å². The number of oxazole rings is 1. The quantitative estimate of drug-likeness (QED) is 0.161. The molecule has 3 atom stereocenters. The number of para-hydroxylation sites is 1. The second kappa shape index (κ2) is 14.1. The van der Waals surface area contributed by atoms with Crippen LogP contribution in [-0.4, -0.2) is 72.7 Å². The monoisotopic (exact) mass is 748 g/mol. The van der Waals surface area contributed by atoms with Gasteiger partial charge >= 0.3 is 11.9 Å². The molecule has 2 N–H and O–H groups in total. The number of benzene rings is 2. The van der Waals surface area contributed by atoms with Crippen molar-refractivity contribution in [3.05, 3.63) is 82.5 Å². The van der Waals surface area contributed by atoms with Crippen molar-refractivity contribution in [2.45, 2.75) is 75.3 Å². The van der Waals surface area contributed by atoms with E-state index in [1.165, 1.54) is 4.57 Å². The Bertz CT molecular complexity index is 2310. The van der Waals surface area contributed by atoms with Gasteiger partial charge in [-0.3, -0.25) is 33.9 Å². The van der Waals surface area contributed by atoms with E-state index in [-0.39, 0.29) is 36.9 Å². The molecule has 2 saturated heterocycles. The largest absolute Gasteiger partial charge is 0.434 e. The first-order valence-electron chi connectivity index (χ1n) is 17.9. The summed E-state index contributed by atoms with van der Waals surface area (Å²) in [5.74, 6) is -2.54. The molecule has 8 rings (SSSR count). The number of hydrogen-bond donors (Lipinski definition) is 2. The minimum atomic E-state index is -4.72. The van der Waals surface area contributed by atoms with E-state index < -0.39 is 53.3 Å². The Kier molecular flexibility index (Phi) is 9.27. The maximum absolute atomic E-state index is 15.9. The number of alkyl halides is 4. The van der Waals surface area contributed by atoms with Crippen molar-refractivity contribution in [3.8, 4) is 0 Å². The van der Waals surface area contributed by atoms with Crippen molar-refractivity contribution in [3.63, 3.8) is 0 Å². The zero-order valence-corrected chi connectivity index (χ0v) is 28.9. The number of likely N-dealkylation sites (tertiary alicyclic amines) is 1. The molecule has 17 heteroatoms. The summed E-state index contributed by atoms with van der Waals surface area (Å²) < 4.78 is 63.8. The molecule has 0 spiro atoms. The van der Waals surface area contributed by atoms with Crippen LogP contribution in [0.4, 0.5) is 23.2 Å². The van der Waals surface area contributed by atoms with Crippen LogP contribution in [0.25, 0.3) is 22.0 Å². The summed E-state index contributed by atoms with van der Waals surface area (Å²) in [4.78, 5) is 58.8. The van der Waals surface area contributed by atoms with Gasteiger partial charge in [-0.25, -0.2) is 14.2 Å². The van der Waals surface area contributed by atoms with E-state index in [0.717, 1.165) is 43.8 Å². The number of carbonyl (C=O) groups is 3. The first kappa shape index (κ1) is 35.6. The molecule has 5 heterocycles. The molecule has 3 aromatic heterocycles. The molecule has 0 bridgehead atoms. The van der Waals surface area contributed by atoms with E-state index in [9.17, 15) is 32.3 Å². The highest BCUT2D eigenvalue weighted by Crippen LogP contribution is 2.38. The van der Waals surface area contributed by atoms with Gasteiger partial charge in [0.05, 0.1) is 29.5 Å². The third-order valence-corrected chi connectivity index (χ3v) is 10.9. The van der Waals surface area contributed by atoms with Crippen LogP contribution in [-0.2, 0) is 15.8 Å². The Labute approximate surface area is 304 Å². The molecular weight excluding hydrogens is 712 g/mol. The number of anilines is 1. The van der Waals surface area contributed by atoms with Crippen LogP contribution in [0.1, 0.15) is 84.7 Å². The fourth-order valence-electron chi connectivity index (χ4n) is 8.15. The fourth-order valence-corrected chi connectivity index (χ4v) is 8.15. The van der Waals surface area contributed by atoms with Crippen LogP contribution < -0.4 is 16.4 Å². The van der Waals surface area contributed by atoms with Gasteiger partial charge in [-0.15, -0.1) is 0 Å². The zero-order valence-electron chi connectivity index (χ0n) is 28.9. The lowest BCUT2D eigenvalue weighted by atomic mass is 9.84. The summed E-state index contributed by atoms with van der Waals surface area (Å²) in [5.41, 5.74) is 0.709. The van der Waals surface area contributed by atoms with Crippen molar-refractivity contribution >= 4 is 45.4 Å². The number of piperidine rings is 2. The van der Waals surface area contributed by atoms with Crippen molar-refractivity contribution in [2.75, 3.05) is 25.0 Å². The highest BCUT2D eigenvalue weighted by Gasteiger charge is 2.37. The molecule has 1 unspecified atom stereocenters. The molecule has 13 nitrogen and oxygen atoms in total. The summed E-state index contributed by atoms with van der Waals surface area (Å²) in [6.07, 6.45) is 2.03. The molecule has 1 aliphatic carbocycles. The molecule has 3 fully saturated rings. The van der Waals surface area contributed by atoms with Gasteiger partial charge < -0.3 is 14.6 Å². The number of amides is 3. The summed E-state index contributed by atoms with van der Waals surface area (Å²) >= 11 is 0. The summed E-state index contributed by atoms with van der Waals surface area (Å²) in [6, 6.07) is 9.57. The number of carbonyl (C=O) groups excluding carboxylic acids is 3. The highest BCUT2D eigenvalue weighted by molar-refractivity contribution is 6.03. The van der Waals surface area contributed by atoms with E-state index in [0.29, 0.717) is 47.4 Å². The number of imide groups is 1. The van der Waals surface area contributed by atoms with Crippen LogP contribution in [0.2, 0.25) is 0 Å². The number of fused-ring (bicyclic) bond motifs is 2. The lowest BCUT2D eigenvalue weighted by Gasteiger charge is -2.38. The number of rotatable bonds is 7. The van der Waals surface area contributed by atoms with Crippen molar-refractivity contribution in [1.29, 1.82) is 0 Å². The Morgan fingerprint density at radius 1 is 1.02 bits per heavy atom. The molecule has 2 aromatic carbocycles. The molecule has 2 aliphatic heterocycles. The number of nitrogens with zero attached hydrogens (tertiary/aromatic N) is 6. The Hall–Kier alpha value is -5.45. The average molecular weight is 749 g/mol. The molecular formula is C37H36F4N8O5. The van der Waals surface area contributed by atoms with Gasteiger partial charge in [-0.05, 0) is 75.3 Å². The van der Waals surface area contributed by atoms with Gasteiger partial charge in [0.15, 0.2) is 11.3 Å². The maximum atomic E-state index is 15.9. The molecule has 1 saturated carbocycles. The second-order valence-corrected chi connectivity index (χ2v) is 14.4. The van der Waals surface area contributed by atoms with E-state index in [1.54, 1.807) is 36.4 Å². The van der Waals surface area contributed by atoms with E-state index in [2.05, 4.69) is 25.5 Å². The van der Waals surface area contributed by atoms with Gasteiger partial charge in [0.1, 0.15) is 17.9 Å². The minimum Gasteiger partial charge on any atom is -0.407 e. The number of hydrogen-bond acceptors (Lipinski definition) is 9.